The minimum atomic E-state index is 0. The Hall–Kier alpha value is -1.78. The van der Waals surface area contributed by atoms with Crippen LogP contribution in [0.3, 0.4) is 0 Å². The number of nitrogens with one attached hydrogen (secondary N) is 1. The van der Waals surface area contributed by atoms with Gasteiger partial charge in [0.25, 0.3) is 5.91 Å². The molecule has 4 nitrogen and oxygen atoms in total. The normalized spacial score (nSPS) is 17.7. The Labute approximate surface area is 143 Å². The summed E-state index contributed by atoms with van der Waals surface area (Å²) in [5.74, 6) is 0.110. The molecule has 0 saturated carbocycles. The van der Waals surface area contributed by atoms with Crippen LogP contribution in [0.5, 0.6) is 0 Å². The van der Waals surface area contributed by atoms with Crippen molar-refractivity contribution in [3.05, 3.63) is 59.4 Å². The van der Waals surface area contributed by atoms with E-state index in [1.54, 1.807) is 0 Å². The van der Waals surface area contributed by atoms with Crippen molar-refractivity contribution in [2.75, 3.05) is 19.6 Å². The molecule has 1 saturated heterocycles. The molecule has 1 aliphatic heterocycles. The smallest absolute Gasteiger partial charge is 0.271 e. The molecule has 124 valence electrons. The van der Waals surface area contributed by atoms with E-state index in [1.807, 2.05) is 34.8 Å². The molecule has 1 fully saturated rings. The number of benzene rings is 1. The molecule has 2 heterocycles. The number of hydrogen-bond acceptors (Lipinski definition) is 2. The van der Waals surface area contributed by atoms with Crippen molar-refractivity contribution < 1.29 is 4.79 Å². The van der Waals surface area contributed by atoms with E-state index < -0.39 is 0 Å². The third-order valence-corrected chi connectivity index (χ3v) is 4.44. The Bertz CT molecular complexity index is 651. The number of carbonyl (C=O) groups is 1. The first kappa shape index (κ1) is 17.6. The lowest BCUT2D eigenvalue weighted by Gasteiger charge is -2.36. The monoisotopic (exact) mass is 333 g/mol. The zero-order valence-electron chi connectivity index (χ0n) is 13.7. The maximum Gasteiger partial charge on any atom is 0.271 e. The molecule has 1 aliphatic rings. The Morgan fingerprint density at radius 2 is 2.00 bits per heavy atom. The fourth-order valence-corrected chi connectivity index (χ4v) is 3.05. The molecule has 0 spiro atoms. The minimum absolute atomic E-state index is 0. The Balaban J connectivity index is 0.00000192. The maximum absolute atomic E-state index is 12.9. The summed E-state index contributed by atoms with van der Waals surface area (Å²) in [6.07, 6.45) is 2.95. The van der Waals surface area contributed by atoms with Gasteiger partial charge in [-0.05, 0) is 29.7 Å². The summed E-state index contributed by atoms with van der Waals surface area (Å²) in [7, 11) is 1.92. The lowest BCUT2D eigenvalue weighted by molar-refractivity contribution is 0.0624. The number of aryl methyl sites for hydroxylation is 2. The zero-order valence-corrected chi connectivity index (χ0v) is 14.5. The van der Waals surface area contributed by atoms with Crippen LogP contribution in [0.15, 0.2) is 42.6 Å². The van der Waals surface area contributed by atoms with Crippen molar-refractivity contribution in [3.63, 3.8) is 0 Å². The van der Waals surface area contributed by atoms with Gasteiger partial charge in [-0.2, -0.15) is 0 Å². The van der Waals surface area contributed by atoms with Gasteiger partial charge in [-0.25, -0.2) is 0 Å². The van der Waals surface area contributed by atoms with E-state index in [0.29, 0.717) is 0 Å². The Morgan fingerprint density at radius 1 is 1.26 bits per heavy atom. The summed E-state index contributed by atoms with van der Waals surface area (Å²) in [5.41, 5.74) is 3.27. The van der Waals surface area contributed by atoms with Crippen LogP contribution in [0.1, 0.15) is 34.6 Å². The van der Waals surface area contributed by atoms with Crippen LogP contribution >= 0.6 is 12.4 Å². The van der Waals surface area contributed by atoms with Crippen molar-refractivity contribution >= 4 is 18.3 Å². The van der Waals surface area contributed by atoms with Gasteiger partial charge in [0.1, 0.15) is 5.69 Å². The van der Waals surface area contributed by atoms with Gasteiger partial charge in [0, 0.05) is 32.9 Å². The van der Waals surface area contributed by atoms with Gasteiger partial charge >= 0.3 is 0 Å². The van der Waals surface area contributed by atoms with Crippen LogP contribution in [0.2, 0.25) is 0 Å². The number of amides is 1. The summed E-state index contributed by atoms with van der Waals surface area (Å²) in [4.78, 5) is 14.9. The predicted molar refractivity (Wildman–Crippen MR) is 95.1 cm³/mol. The molecule has 0 aliphatic carbocycles. The molecule has 1 aromatic heterocycles. The number of aromatic nitrogens is 1. The quantitative estimate of drug-likeness (QED) is 0.937. The average Bonchev–Trinajstić information content (AvgIpc) is 3.00. The van der Waals surface area contributed by atoms with Crippen LogP contribution in [0.25, 0.3) is 0 Å². The third kappa shape index (κ3) is 3.59. The molecule has 0 bridgehead atoms. The lowest BCUT2D eigenvalue weighted by atomic mass is 10.0. The van der Waals surface area contributed by atoms with Crippen LogP contribution in [0.4, 0.5) is 0 Å². The average molecular weight is 334 g/mol. The summed E-state index contributed by atoms with van der Waals surface area (Å²) < 4.78 is 1.89. The van der Waals surface area contributed by atoms with E-state index in [-0.39, 0.29) is 24.4 Å². The number of rotatable bonds is 3. The molecule has 1 N–H and O–H groups in total. The highest BCUT2D eigenvalue weighted by Crippen LogP contribution is 2.24. The fraction of sp³-hybridized carbons (Fsp3) is 0.389. The molecule has 1 aromatic carbocycles. The van der Waals surface area contributed by atoms with E-state index in [4.69, 9.17) is 0 Å². The van der Waals surface area contributed by atoms with Crippen LogP contribution in [-0.2, 0) is 13.5 Å². The molecular weight excluding hydrogens is 310 g/mol. The van der Waals surface area contributed by atoms with E-state index >= 15 is 0 Å². The molecule has 2 aromatic rings. The highest BCUT2D eigenvalue weighted by atomic mass is 35.5. The van der Waals surface area contributed by atoms with Crippen LogP contribution < -0.4 is 5.32 Å². The Kier molecular flexibility index (Phi) is 5.85. The predicted octanol–water partition coefficient (Wildman–Crippen LogP) is 2.80. The number of nitrogens with zero attached hydrogens (tertiary/aromatic N) is 2. The minimum Gasteiger partial charge on any atom is -0.347 e. The number of carbonyl (C=O) groups excluding carboxylic acids is 1. The molecule has 1 amide bonds. The number of halogens is 1. The van der Waals surface area contributed by atoms with Crippen molar-refractivity contribution in [1.82, 2.24) is 14.8 Å². The van der Waals surface area contributed by atoms with Crippen molar-refractivity contribution in [3.8, 4) is 0 Å². The molecule has 23 heavy (non-hydrogen) atoms. The van der Waals surface area contributed by atoms with E-state index in [0.717, 1.165) is 31.7 Å². The van der Waals surface area contributed by atoms with E-state index in [9.17, 15) is 4.79 Å². The molecule has 1 atom stereocenters. The molecule has 5 heteroatoms. The van der Waals surface area contributed by atoms with Gasteiger partial charge in [-0.3, -0.25) is 4.79 Å². The maximum atomic E-state index is 12.9. The number of hydrogen-bond donors (Lipinski definition) is 1. The first-order valence-corrected chi connectivity index (χ1v) is 7.92. The topological polar surface area (TPSA) is 37.3 Å². The SMILES string of the molecule is CCc1ccc(C2CNCCN2C(=O)c2cccn2C)cc1.Cl. The van der Waals surface area contributed by atoms with Gasteiger partial charge < -0.3 is 14.8 Å². The first-order valence-electron chi connectivity index (χ1n) is 7.92. The second kappa shape index (κ2) is 7.66. The van der Waals surface area contributed by atoms with Crippen LogP contribution in [-0.4, -0.2) is 35.0 Å². The molecule has 3 rings (SSSR count). The summed E-state index contributed by atoms with van der Waals surface area (Å²) in [5, 5.41) is 3.41. The highest BCUT2D eigenvalue weighted by Gasteiger charge is 2.29. The van der Waals surface area contributed by atoms with Gasteiger partial charge in [-0.15, -0.1) is 12.4 Å². The Morgan fingerprint density at radius 3 is 2.61 bits per heavy atom. The third-order valence-electron chi connectivity index (χ3n) is 4.44. The van der Waals surface area contributed by atoms with Gasteiger partial charge in [0.05, 0.1) is 6.04 Å². The van der Waals surface area contributed by atoms with Crippen LogP contribution in [0, 0.1) is 0 Å². The van der Waals surface area contributed by atoms with Crippen molar-refractivity contribution in [1.29, 1.82) is 0 Å². The van der Waals surface area contributed by atoms with Crippen molar-refractivity contribution in [2.24, 2.45) is 7.05 Å². The highest BCUT2D eigenvalue weighted by molar-refractivity contribution is 5.93. The largest absolute Gasteiger partial charge is 0.347 e. The number of piperazine rings is 1. The fourth-order valence-electron chi connectivity index (χ4n) is 3.05. The van der Waals surface area contributed by atoms with E-state index in [2.05, 4.69) is 36.5 Å². The summed E-state index contributed by atoms with van der Waals surface area (Å²) in [6.45, 7) is 4.55. The lowest BCUT2D eigenvalue weighted by Crippen LogP contribution is -2.49. The molecule has 0 radical (unpaired) electrons. The van der Waals surface area contributed by atoms with Gasteiger partial charge in [0.2, 0.25) is 0 Å². The first-order chi connectivity index (χ1) is 10.7. The van der Waals surface area contributed by atoms with Gasteiger partial charge in [-0.1, -0.05) is 31.2 Å². The second-order valence-corrected chi connectivity index (χ2v) is 5.82. The van der Waals surface area contributed by atoms with Gasteiger partial charge in [0.15, 0.2) is 0 Å². The molecule has 1 unspecified atom stereocenters. The zero-order chi connectivity index (χ0) is 15.5. The second-order valence-electron chi connectivity index (χ2n) is 5.82. The summed E-state index contributed by atoms with van der Waals surface area (Å²) in [6, 6.07) is 12.5. The standard InChI is InChI=1S/C18H23N3O.ClH/c1-3-14-6-8-15(9-7-14)17-13-19-10-12-21(17)18(22)16-5-4-11-20(16)2;/h4-9,11,17,19H,3,10,12-13H2,1-2H3;1H. The van der Waals surface area contributed by atoms with Crippen molar-refractivity contribution in [2.45, 2.75) is 19.4 Å². The summed E-state index contributed by atoms with van der Waals surface area (Å²) >= 11 is 0. The van der Waals surface area contributed by atoms with E-state index in [1.165, 1.54) is 11.1 Å². The molecular formula is C18H24ClN3O.